The van der Waals surface area contributed by atoms with Gasteiger partial charge in [-0.1, -0.05) is 37.3 Å². The van der Waals surface area contributed by atoms with Crippen molar-refractivity contribution in [1.82, 2.24) is 15.8 Å². The Morgan fingerprint density at radius 2 is 1.66 bits per heavy atom. The number of rotatable bonds is 10. The molecule has 10 heteroatoms. The highest BCUT2D eigenvalue weighted by Crippen LogP contribution is 2.13. The largest absolute Gasteiger partial charge is 0.445 e. The fraction of sp³-hybridized carbons (Fsp3) is 0.440. The lowest BCUT2D eigenvalue weighted by Gasteiger charge is -2.30. The summed E-state index contributed by atoms with van der Waals surface area (Å²) < 4.78 is 37.9. The summed E-state index contributed by atoms with van der Waals surface area (Å²) in [6.07, 6.45) is -2.83. The van der Waals surface area contributed by atoms with Crippen LogP contribution in [0.5, 0.6) is 0 Å². The Kier molecular flexibility index (Phi) is 10.4. The number of amides is 2. The van der Waals surface area contributed by atoms with Gasteiger partial charge in [-0.3, -0.25) is 5.43 Å². The summed E-state index contributed by atoms with van der Waals surface area (Å²) >= 11 is 0. The molecule has 2 amide bonds. The summed E-state index contributed by atoms with van der Waals surface area (Å²) in [5, 5.41) is 14.9. The number of likely N-dealkylation sites (N-methyl/N-ethyl adjacent to an activating group) is 1. The first-order valence-corrected chi connectivity index (χ1v) is 11.3. The van der Waals surface area contributed by atoms with Crippen LogP contribution in [0.3, 0.4) is 0 Å². The zero-order valence-corrected chi connectivity index (χ0v) is 20.4. The Labute approximate surface area is 204 Å². The summed E-state index contributed by atoms with van der Waals surface area (Å²) in [7, 11) is 0. The number of hydrogen-bond donors (Lipinski definition) is 3. The Bertz CT molecular complexity index is 949. The predicted molar refractivity (Wildman–Crippen MR) is 126 cm³/mol. The van der Waals surface area contributed by atoms with Crippen molar-refractivity contribution in [3.8, 4) is 0 Å². The van der Waals surface area contributed by atoms with Crippen molar-refractivity contribution in [2.45, 2.75) is 58.5 Å². The summed E-state index contributed by atoms with van der Waals surface area (Å²) in [5.41, 5.74) is 2.83. The molecule has 0 aromatic heterocycles. The minimum Gasteiger partial charge on any atom is -0.445 e. The van der Waals surface area contributed by atoms with Gasteiger partial charge in [-0.2, -0.15) is 0 Å². The number of hydrazine groups is 1. The summed E-state index contributed by atoms with van der Waals surface area (Å²) in [4.78, 5) is 24.6. The van der Waals surface area contributed by atoms with Crippen molar-refractivity contribution in [2.75, 3.05) is 13.1 Å². The number of benzene rings is 2. The van der Waals surface area contributed by atoms with Crippen LogP contribution in [0, 0.1) is 11.6 Å². The van der Waals surface area contributed by atoms with E-state index in [2.05, 4.69) is 10.7 Å². The van der Waals surface area contributed by atoms with Gasteiger partial charge < -0.3 is 19.9 Å². The van der Waals surface area contributed by atoms with Crippen molar-refractivity contribution in [1.29, 1.82) is 0 Å². The molecule has 35 heavy (non-hydrogen) atoms. The maximum atomic E-state index is 13.7. The highest BCUT2D eigenvalue weighted by atomic mass is 19.1. The fourth-order valence-electron chi connectivity index (χ4n) is 3.22. The highest BCUT2D eigenvalue weighted by Gasteiger charge is 2.26. The number of aliphatic hydroxyl groups is 1. The molecule has 0 saturated heterocycles. The molecule has 2 atom stereocenters. The number of ether oxygens (including phenoxy) is 2. The molecule has 0 saturated carbocycles. The lowest BCUT2D eigenvalue weighted by Crippen LogP contribution is -2.53. The third kappa shape index (κ3) is 10.7. The van der Waals surface area contributed by atoms with E-state index in [0.29, 0.717) is 6.54 Å². The topological polar surface area (TPSA) is 100 Å². The van der Waals surface area contributed by atoms with Crippen molar-refractivity contribution in [2.24, 2.45) is 0 Å². The fourth-order valence-corrected chi connectivity index (χ4v) is 3.22. The lowest BCUT2D eigenvalue weighted by atomic mass is 10.0. The Morgan fingerprint density at radius 1 is 1.03 bits per heavy atom. The number of hydrogen-bond acceptors (Lipinski definition) is 6. The van der Waals surface area contributed by atoms with Crippen LogP contribution in [0.1, 0.15) is 38.8 Å². The molecule has 0 fully saturated rings. The van der Waals surface area contributed by atoms with Crippen LogP contribution >= 0.6 is 0 Å². The van der Waals surface area contributed by atoms with Gasteiger partial charge in [0.15, 0.2) is 0 Å². The first kappa shape index (κ1) is 28.0. The van der Waals surface area contributed by atoms with E-state index in [1.165, 1.54) is 5.01 Å². The van der Waals surface area contributed by atoms with E-state index in [4.69, 9.17) is 9.47 Å². The van der Waals surface area contributed by atoms with Crippen LogP contribution in [0.2, 0.25) is 0 Å². The maximum absolute atomic E-state index is 13.7. The number of halogens is 2. The van der Waals surface area contributed by atoms with Gasteiger partial charge >= 0.3 is 12.2 Å². The van der Waals surface area contributed by atoms with E-state index in [1.807, 2.05) is 6.07 Å². The number of nitrogens with one attached hydrogen (secondary N) is 2. The number of carbonyl (C=O) groups is 2. The molecule has 0 bridgehead atoms. The van der Waals surface area contributed by atoms with E-state index >= 15 is 0 Å². The Morgan fingerprint density at radius 3 is 2.23 bits per heavy atom. The lowest BCUT2D eigenvalue weighted by molar-refractivity contribution is 0.0180. The molecular formula is C25H33F2N3O5. The monoisotopic (exact) mass is 493 g/mol. The van der Waals surface area contributed by atoms with Crippen LogP contribution in [0.25, 0.3) is 0 Å². The summed E-state index contributed by atoms with van der Waals surface area (Å²) in [6.45, 7) is 7.13. The first-order chi connectivity index (χ1) is 16.4. The van der Waals surface area contributed by atoms with Crippen molar-refractivity contribution < 1.29 is 33.0 Å². The molecule has 2 rings (SSSR count). The first-order valence-electron chi connectivity index (χ1n) is 11.3. The third-order valence-electron chi connectivity index (χ3n) is 4.80. The molecule has 0 unspecified atom stereocenters. The molecule has 0 radical (unpaired) electrons. The van der Waals surface area contributed by atoms with Gasteiger partial charge in [0.25, 0.3) is 0 Å². The van der Waals surface area contributed by atoms with Crippen LogP contribution in [-0.2, 0) is 22.5 Å². The van der Waals surface area contributed by atoms with Crippen molar-refractivity contribution in [3.05, 3.63) is 71.3 Å². The SMILES string of the molecule is CCN(C[C@H](O)[C@H](Cc1cc(F)cc(F)c1)NC(=O)OCc1ccccc1)NC(=O)OC(C)(C)C. The smallest absolute Gasteiger partial charge is 0.422 e. The van der Waals surface area contributed by atoms with Gasteiger partial charge in [0.05, 0.1) is 12.1 Å². The molecule has 192 valence electrons. The molecular weight excluding hydrogens is 460 g/mol. The molecule has 2 aromatic carbocycles. The van der Waals surface area contributed by atoms with Gasteiger partial charge in [-0.05, 0) is 50.5 Å². The molecule has 8 nitrogen and oxygen atoms in total. The van der Waals surface area contributed by atoms with E-state index in [9.17, 15) is 23.5 Å². The minimum absolute atomic E-state index is 0.00532. The predicted octanol–water partition coefficient (Wildman–Crippen LogP) is 3.92. The van der Waals surface area contributed by atoms with Crippen molar-refractivity contribution >= 4 is 12.2 Å². The van der Waals surface area contributed by atoms with Gasteiger partial charge in [0, 0.05) is 19.2 Å². The number of nitrogens with zero attached hydrogens (tertiary/aromatic N) is 1. The van der Waals surface area contributed by atoms with Gasteiger partial charge in [0.1, 0.15) is 23.8 Å². The van der Waals surface area contributed by atoms with Gasteiger partial charge in [-0.15, -0.1) is 0 Å². The second-order valence-corrected chi connectivity index (χ2v) is 9.01. The van der Waals surface area contributed by atoms with E-state index in [1.54, 1.807) is 52.0 Å². The Hall–Kier alpha value is -3.24. The molecule has 0 aliphatic heterocycles. The summed E-state index contributed by atoms with van der Waals surface area (Å²) in [5.74, 6) is -1.55. The van der Waals surface area contributed by atoms with Gasteiger partial charge in [-0.25, -0.2) is 23.4 Å². The third-order valence-corrected chi connectivity index (χ3v) is 4.80. The number of aliphatic hydroxyl groups excluding tert-OH is 1. The molecule has 0 spiro atoms. The average molecular weight is 494 g/mol. The maximum Gasteiger partial charge on any atom is 0.422 e. The molecule has 0 heterocycles. The van der Waals surface area contributed by atoms with Crippen LogP contribution in [0.15, 0.2) is 48.5 Å². The standard InChI is InChI=1S/C25H33F2N3O5/c1-5-30(29-24(33)35-25(2,3)4)15-22(31)21(13-18-11-19(26)14-20(27)12-18)28-23(32)34-16-17-9-7-6-8-10-17/h6-12,14,21-22,31H,5,13,15-16H2,1-4H3,(H,28,32)(H,29,33)/t21-,22-/m0/s1. The van der Waals surface area contributed by atoms with Crippen LogP contribution in [-0.4, -0.2) is 53.1 Å². The normalized spacial score (nSPS) is 13.1. The molecule has 2 aromatic rings. The molecule has 3 N–H and O–H groups in total. The van der Waals surface area contributed by atoms with Crippen LogP contribution in [0.4, 0.5) is 18.4 Å². The number of alkyl carbamates (subject to hydrolysis) is 1. The Balaban J connectivity index is 2.09. The van der Waals surface area contributed by atoms with E-state index in [0.717, 1.165) is 23.8 Å². The second kappa shape index (κ2) is 13.0. The van der Waals surface area contributed by atoms with Gasteiger partial charge in [0.2, 0.25) is 0 Å². The minimum atomic E-state index is -1.24. The zero-order chi connectivity index (χ0) is 26.0. The number of carbonyl (C=O) groups excluding carboxylic acids is 2. The second-order valence-electron chi connectivity index (χ2n) is 9.01. The van der Waals surface area contributed by atoms with E-state index in [-0.39, 0.29) is 25.1 Å². The molecule has 0 aliphatic rings. The van der Waals surface area contributed by atoms with Crippen LogP contribution < -0.4 is 10.7 Å². The zero-order valence-electron chi connectivity index (χ0n) is 20.4. The average Bonchev–Trinajstić information content (AvgIpc) is 2.75. The molecule has 0 aliphatic carbocycles. The van der Waals surface area contributed by atoms with Crippen molar-refractivity contribution in [3.63, 3.8) is 0 Å². The van der Waals surface area contributed by atoms with E-state index < -0.39 is 41.6 Å². The highest BCUT2D eigenvalue weighted by molar-refractivity contribution is 5.68. The summed E-state index contributed by atoms with van der Waals surface area (Å²) in [6, 6.07) is 11.0. The quantitative estimate of drug-likeness (QED) is 0.434.